The minimum absolute atomic E-state index is 0.0123. The highest BCUT2D eigenvalue weighted by Crippen LogP contribution is 2.17. The normalized spacial score (nSPS) is 26.4. The fourth-order valence-electron chi connectivity index (χ4n) is 1.88. The van der Waals surface area contributed by atoms with E-state index in [1.54, 1.807) is 0 Å². The van der Waals surface area contributed by atoms with Gasteiger partial charge in [0.2, 0.25) is 0 Å². The minimum atomic E-state index is -2.81. The van der Waals surface area contributed by atoms with Crippen LogP contribution in [0.1, 0.15) is 19.8 Å². The summed E-state index contributed by atoms with van der Waals surface area (Å²) in [6.45, 7) is 2.65. The first-order valence-corrected chi connectivity index (χ1v) is 7.11. The molecule has 0 aromatic rings. The van der Waals surface area contributed by atoms with E-state index in [9.17, 15) is 8.42 Å². The maximum atomic E-state index is 11.3. The first-order valence-electron chi connectivity index (χ1n) is 5.28. The van der Waals surface area contributed by atoms with Crippen molar-refractivity contribution < 1.29 is 8.42 Å². The molecule has 0 aliphatic carbocycles. The zero-order chi connectivity index (χ0) is 11.5. The van der Waals surface area contributed by atoms with Gasteiger partial charge < -0.3 is 4.90 Å². The number of sulfone groups is 1. The van der Waals surface area contributed by atoms with Crippen molar-refractivity contribution in [2.45, 2.75) is 25.8 Å². The molecule has 5 heteroatoms. The van der Waals surface area contributed by atoms with Crippen LogP contribution in [0.3, 0.4) is 0 Å². The summed E-state index contributed by atoms with van der Waals surface area (Å²) < 4.78 is 22.6. The molecule has 86 valence electrons. The first-order chi connectivity index (χ1) is 6.98. The molecule has 1 rings (SSSR count). The Morgan fingerprint density at radius 1 is 1.60 bits per heavy atom. The molecule has 0 radical (unpaired) electrons. The van der Waals surface area contributed by atoms with Gasteiger partial charge in [0.15, 0.2) is 9.84 Å². The van der Waals surface area contributed by atoms with E-state index in [1.807, 2.05) is 18.9 Å². The molecule has 4 nitrogen and oxygen atoms in total. The van der Waals surface area contributed by atoms with Gasteiger partial charge in [-0.3, -0.25) is 0 Å². The van der Waals surface area contributed by atoms with Crippen molar-refractivity contribution in [1.82, 2.24) is 4.90 Å². The highest BCUT2D eigenvalue weighted by molar-refractivity contribution is 7.91. The Kier molecular flexibility index (Phi) is 4.12. The lowest BCUT2D eigenvalue weighted by Crippen LogP contribution is -2.36. The van der Waals surface area contributed by atoms with Crippen molar-refractivity contribution in [1.29, 1.82) is 5.26 Å². The molecule has 0 amide bonds. The topological polar surface area (TPSA) is 61.2 Å². The molecule has 1 aliphatic heterocycles. The summed E-state index contributed by atoms with van der Waals surface area (Å²) in [6, 6.07) is 2.34. The number of rotatable bonds is 4. The number of hydrogen-bond acceptors (Lipinski definition) is 4. The zero-order valence-electron chi connectivity index (χ0n) is 9.31. The van der Waals surface area contributed by atoms with Crippen LogP contribution in [-0.4, -0.2) is 44.5 Å². The van der Waals surface area contributed by atoms with Crippen molar-refractivity contribution in [3.63, 3.8) is 0 Å². The standard InChI is InChI=1S/C10H18N2O2S/c1-3-9(6-11)7-12(2)10-4-5-15(13,14)8-10/h9-10H,3-5,7-8H2,1-2H3. The predicted octanol–water partition coefficient (Wildman–Crippen LogP) is 0.655. The summed E-state index contributed by atoms with van der Waals surface area (Å²) >= 11 is 0. The SMILES string of the molecule is CCC(C#N)CN(C)C1CCS(=O)(=O)C1. The average Bonchev–Trinajstić information content (AvgIpc) is 2.55. The summed E-state index contributed by atoms with van der Waals surface area (Å²) in [6.07, 6.45) is 1.53. The van der Waals surface area contributed by atoms with Crippen LogP contribution in [0, 0.1) is 17.2 Å². The molecule has 2 unspecified atom stereocenters. The van der Waals surface area contributed by atoms with Crippen molar-refractivity contribution in [3.8, 4) is 6.07 Å². The minimum Gasteiger partial charge on any atom is -0.301 e. The molecule has 1 aliphatic rings. The van der Waals surface area contributed by atoms with Crippen LogP contribution in [0.2, 0.25) is 0 Å². The summed E-state index contributed by atoms with van der Waals surface area (Å²) in [7, 11) is -0.906. The second-order valence-corrected chi connectivity index (χ2v) is 6.46. The second kappa shape index (κ2) is 4.95. The Labute approximate surface area is 91.8 Å². The summed E-state index contributed by atoms with van der Waals surface area (Å²) in [5.41, 5.74) is 0. The number of hydrogen-bond donors (Lipinski definition) is 0. The zero-order valence-corrected chi connectivity index (χ0v) is 10.1. The maximum absolute atomic E-state index is 11.3. The lowest BCUT2D eigenvalue weighted by Gasteiger charge is -2.24. The van der Waals surface area contributed by atoms with Gasteiger partial charge in [0.1, 0.15) is 0 Å². The van der Waals surface area contributed by atoms with Crippen LogP contribution in [0.15, 0.2) is 0 Å². The Hall–Kier alpha value is -0.600. The molecular weight excluding hydrogens is 212 g/mol. The van der Waals surface area contributed by atoms with Crippen molar-refractivity contribution >= 4 is 9.84 Å². The number of nitrogens with zero attached hydrogens (tertiary/aromatic N) is 2. The van der Waals surface area contributed by atoms with Crippen molar-refractivity contribution in [2.24, 2.45) is 5.92 Å². The van der Waals surface area contributed by atoms with Gasteiger partial charge in [-0.15, -0.1) is 0 Å². The highest BCUT2D eigenvalue weighted by Gasteiger charge is 2.31. The summed E-state index contributed by atoms with van der Waals surface area (Å²) in [4.78, 5) is 2.02. The lowest BCUT2D eigenvalue weighted by atomic mass is 10.1. The van der Waals surface area contributed by atoms with Crippen molar-refractivity contribution in [3.05, 3.63) is 0 Å². The molecule has 2 atom stereocenters. The molecule has 0 aromatic heterocycles. The van der Waals surface area contributed by atoms with Crippen LogP contribution in [0.5, 0.6) is 0 Å². The molecule has 15 heavy (non-hydrogen) atoms. The highest BCUT2D eigenvalue weighted by atomic mass is 32.2. The van der Waals surface area contributed by atoms with Crippen molar-refractivity contribution in [2.75, 3.05) is 25.1 Å². The molecule has 1 fully saturated rings. The van der Waals surface area contributed by atoms with Gasteiger partial charge in [0, 0.05) is 12.6 Å². The molecule has 0 N–H and O–H groups in total. The van der Waals surface area contributed by atoms with E-state index >= 15 is 0 Å². The van der Waals surface area contributed by atoms with Gasteiger partial charge in [0.25, 0.3) is 0 Å². The first kappa shape index (κ1) is 12.5. The Bertz CT molecular complexity index is 345. The maximum Gasteiger partial charge on any atom is 0.151 e. The largest absolute Gasteiger partial charge is 0.301 e. The average molecular weight is 230 g/mol. The molecule has 0 aromatic carbocycles. The Morgan fingerprint density at radius 3 is 2.67 bits per heavy atom. The lowest BCUT2D eigenvalue weighted by molar-refractivity contribution is 0.238. The third-order valence-corrected chi connectivity index (χ3v) is 4.77. The smallest absolute Gasteiger partial charge is 0.151 e. The van der Waals surface area contributed by atoms with Gasteiger partial charge in [-0.05, 0) is 19.9 Å². The van der Waals surface area contributed by atoms with E-state index in [4.69, 9.17) is 5.26 Å². The van der Waals surface area contributed by atoms with Gasteiger partial charge in [-0.2, -0.15) is 5.26 Å². The van der Waals surface area contributed by atoms with Gasteiger partial charge >= 0.3 is 0 Å². The summed E-state index contributed by atoms with van der Waals surface area (Å²) in [5.74, 6) is 0.565. The quantitative estimate of drug-likeness (QED) is 0.711. The molecule has 0 spiro atoms. The fourth-order valence-corrected chi connectivity index (χ4v) is 3.69. The van der Waals surface area contributed by atoms with E-state index in [1.165, 1.54) is 0 Å². The Morgan fingerprint density at radius 2 is 2.27 bits per heavy atom. The second-order valence-electron chi connectivity index (χ2n) is 4.23. The van der Waals surface area contributed by atoms with Gasteiger partial charge in [-0.25, -0.2) is 8.42 Å². The molecule has 0 saturated carbocycles. The van der Waals surface area contributed by atoms with Crippen LogP contribution in [-0.2, 0) is 9.84 Å². The predicted molar refractivity (Wildman–Crippen MR) is 59.1 cm³/mol. The monoisotopic (exact) mass is 230 g/mol. The van der Waals surface area contributed by atoms with E-state index in [0.717, 1.165) is 6.42 Å². The van der Waals surface area contributed by atoms with Gasteiger partial charge in [0.05, 0.1) is 23.5 Å². The van der Waals surface area contributed by atoms with Gasteiger partial charge in [-0.1, -0.05) is 6.92 Å². The van der Waals surface area contributed by atoms with E-state index in [-0.39, 0.29) is 17.7 Å². The van der Waals surface area contributed by atoms with E-state index in [2.05, 4.69) is 6.07 Å². The van der Waals surface area contributed by atoms with Crippen LogP contribution in [0.4, 0.5) is 0 Å². The van der Waals surface area contributed by atoms with Crippen LogP contribution in [0.25, 0.3) is 0 Å². The van der Waals surface area contributed by atoms with E-state index in [0.29, 0.717) is 18.7 Å². The van der Waals surface area contributed by atoms with Crippen LogP contribution >= 0.6 is 0 Å². The fraction of sp³-hybridized carbons (Fsp3) is 0.900. The third-order valence-electron chi connectivity index (χ3n) is 3.02. The summed E-state index contributed by atoms with van der Waals surface area (Å²) in [5, 5.41) is 8.83. The number of nitriles is 1. The molecular formula is C10H18N2O2S. The molecule has 1 saturated heterocycles. The third kappa shape index (κ3) is 3.47. The van der Waals surface area contributed by atoms with Crippen LogP contribution < -0.4 is 0 Å². The molecule has 0 bridgehead atoms. The van der Waals surface area contributed by atoms with E-state index < -0.39 is 9.84 Å². The molecule has 1 heterocycles. The Balaban J connectivity index is 2.49.